The molecular formula is C20H28N4O3. The number of hydrogen-bond donors (Lipinski definition) is 1. The van der Waals surface area contributed by atoms with Gasteiger partial charge in [0.2, 0.25) is 11.8 Å². The van der Waals surface area contributed by atoms with Crippen LogP contribution in [-0.2, 0) is 10.2 Å². The van der Waals surface area contributed by atoms with Crippen molar-refractivity contribution in [2.45, 2.75) is 26.2 Å². The Morgan fingerprint density at radius 1 is 1.19 bits per heavy atom. The Bertz CT molecular complexity index is 756. The van der Waals surface area contributed by atoms with Crippen LogP contribution in [0.4, 0.5) is 11.6 Å². The van der Waals surface area contributed by atoms with E-state index in [0.717, 1.165) is 37.6 Å². The molecule has 1 N–H and O–H groups in total. The van der Waals surface area contributed by atoms with Crippen LogP contribution in [0.1, 0.15) is 26.5 Å². The lowest BCUT2D eigenvalue weighted by molar-refractivity contribution is -0.117. The summed E-state index contributed by atoms with van der Waals surface area (Å²) in [5.41, 5.74) is 1.90. The predicted octanol–water partition coefficient (Wildman–Crippen LogP) is 2.74. The minimum absolute atomic E-state index is 0.0792. The number of hydrogen-bond acceptors (Lipinski definition) is 6. The number of amides is 1. The number of carbonyl (C=O) groups excluding carboxylic acids is 1. The third kappa shape index (κ3) is 5.01. The maximum Gasteiger partial charge on any atom is 0.240 e. The van der Waals surface area contributed by atoms with Crippen LogP contribution in [0.2, 0.25) is 0 Å². The third-order valence-corrected chi connectivity index (χ3v) is 4.72. The van der Waals surface area contributed by atoms with Gasteiger partial charge < -0.3 is 14.2 Å². The summed E-state index contributed by atoms with van der Waals surface area (Å²) < 4.78 is 10.4. The highest BCUT2D eigenvalue weighted by atomic mass is 16.5. The summed E-state index contributed by atoms with van der Waals surface area (Å²) in [6.07, 6.45) is 0. The number of ether oxygens (including phenoxy) is 1. The maximum absolute atomic E-state index is 12.3. The smallest absolute Gasteiger partial charge is 0.240 e. The molecule has 0 saturated carbocycles. The van der Waals surface area contributed by atoms with E-state index in [1.165, 1.54) is 5.69 Å². The zero-order valence-electron chi connectivity index (χ0n) is 16.5. The van der Waals surface area contributed by atoms with E-state index in [0.29, 0.717) is 12.4 Å². The Hall–Kier alpha value is -2.54. The summed E-state index contributed by atoms with van der Waals surface area (Å²) >= 11 is 0. The lowest BCUT2D eigenvalue weighted by Gasteiger charge is -2.35. The van der Waals surface area contributed by atoms with Crippen LogP contribution in [0.3, 0.4) is 0 Å². The summed E-state index contributed by atoms with van der Waals surface area (Å²) in [6, 6.07) is 9.87. The molecule has 1 aromatic carbocycles. The predicted molar refractivity (Wildman–Crippen MR) is 105 cm³/mol. The van der Waals surface area contributed by atoms with E-state index in [1.54, 1.807) is 13.2 Å². The van der Waals surface area contributed by atoms with Crippen molar-refractivity contribution in [3.05, 3.63) is 36.0 Å². The number of aromatic nitrogens is 1. The molecule has 0 spiro atoms. The van der Waals surface area contributed by atoms with Crippen LogP contribution < -0.4 is 15.0 Å². The van der Waals surface area contributed by atoms with Crippen LogP contribution >= 0.6 is 0 Å². The molecule has 2 aromatic rings. The first kappa shape index (κ1) is 19.2. The second-order valence-corrected chi connectivity index (χ2v) is 7.84. The van der Waals surface area contributed by atoms with Gasteiger partial charge in [-0.05, 0) is 24.3 Å². The molecule has 0 atom stereocenters. The largest absolute Gasteiger partial charge is 0.497 e. The van der Waals surface area contributed by atoms with Crippen molar-refractivity contribution >= 4 is 17.5 Å². The molecule has 0 aliphatic carbocycles. The van der Waals surface area contributed by atoms with Gasteiger partial charge in [0.1, 0.15) is 5.75 Å². The van der Waals surface area contributed by atoms with Crippen molar-refractivity contribution in [2.24, 2.45) is 0 Å². The molecule has 1 aliphatic rings. The van der Waals surface area contributed by atoms with Crippen molar-refractivity contribution in [1.29, 1.82) is 0 Å². The molecule has 7 nitrogen and oxygen atoms in total. The van der Waals surface area contributed by atoms with Crippen LogP contribution in [0.15, 0.2) is 34.9 Å². The minimum atomic E-state index is -0.107. The summed E-state index contributed by atoms with van der Waals surface area (Å²) in [6.45, 7) is 9.95. The van der Waals surface area contributed by atoms with Gasteiger partial charge in [0.05, 0.1) is 19.3 Å². The number of rotatable bonds is 5. The molecule has 1 fully saturated rings. The van der Waals surface area contributed by atoms with Crippen molar-refractivity contribution in [3.8, 4) is 5.75 Å². The van der Waals surface area contributed by atoms with Gasteiger partial charge in [-0.15, -0.1) is 0 Å². The number of piperazine rings is 1. The monoisotopic (exact) mass is 372 g/mol. The van der Waals surface area contributed by atoms with Gasteiger partial charge in [0.15, 0.2) is 0 Å². The molecule has 1 saturated heterocycles. The summed E-state index contributed by atoms with van der Waals surface area (Å²) in [5, 5.41) is 6.82. The van der Waals surface area contributed by atoms with Gasteiger partial charge in [-0.3, -0.25) is 15.0 Å². The SMILES string of the molecule is COc1ccc(N2CCN(CC(=O)Nc3cc(C(C)(C)C)no3)CC2)cc1. The van der Waals surface area contributed by atoms with E-state index in [2.05, 4.69) is 53.2 Å². The van der Waals surface area contributed by atoms with E-state index in [-0.39, 0.29) is 11.3 Å². The number of carbonyl (C=O) groups is 1. The quantitative estimate of drug-likeness (QED) is 0.870. The first-order chi connectivity index (χ1) is 12.8. The fourth-order valence-corrected chi connectivity index (χ4v) is 3.02. The Balaban J connectivity index is 1.47. The molecule has 27 heavy (non-hydrogen) atoms. The second-order valence-electron chi connectivity index (χ2n) is 7.84. The maximum atomic E-state index is 12.3. The highest BCUT2D eigenvalue weighted by molar-refractivity contribution is 5.91. The lowest BCUT2D eigenvalue weighted by Crippen LogP contribution is -2.48. The lowest BCUT2D eigenvalue weighted by atomic mass is 9.92. The van der Waals surface area contributed by atoms with E-state index in [9.17, 15) is 4.79 Å². The van der Waals surface area contributed by atoms with Gasteiger partial charge in [-0.25, -0.2) is 0 Å². The van der Waals surface area contributed by atoms with Gasteiger partial charge in [0.25, 0.3) is 0 Å². The van der Waals surface area contributed by atoms with Crippen LogP contribution in [0, 0.1) is 0 Å². The van der Waals surface area contributed by atoms with Crippen molar-refractivity contribution in [3.63, 3.8) is 0 Å². The number of nitrogens with one attached hydrogen (secondary N) is 1. The third-order valence-electron chi connectivity index (χ3n) is 4.72. The summed E-state index contributed by atoms with van der Waals surface area (Å²) in [5.74, 6) is 1.18. The molecule has 0 unspecified atom stereocenters. The minimum Gasteiger partial charge on any atom is -0.497 e. The molecule has 0 bridgehead atoms. The second kappa shape index (κ2) is 8.00. The fraction of sp³-hybridized carbons (Fsp3) is 0.500. The Kier molecular flexibility index (Phi) is 5.70. The number of benzene rings is 1. The van der Waals surface area contributed by atoms with Crippen LogP contribution in [0.5, 0.6) is 5.75 Å². The Morgan fingerprint density at radius 3 is 2.41 bits per heavy atom. The number of nitrogens with zero attached hydrogens (tertiary/aromatic N) is 3. The molecule has 0 radical (unpaired) electrons. The average molecular weight is 372 g/mol. The standard InChI is InChI=1S/C20H28N4O3/c1-20(2,3)17-13-19(27-22-17)21-18(25)14-23-9-11-24(12-10-23)15-5-7-16(26-4)8-6-15/h5-8,13H,9-12,14H2,1-4H3,(H,21,25). The number of anilines is 2. The summed E-state index contributed by atoms with van der Waals surface area (Å²) in [7, 11) is 1.67. The van der Waals surface area contributed by atoms with Crippen LogP contribution in [0.25, 0.3) is 0 Å². The van der Waals surface area contributed by atoms with Crippen molar-refractivity contribution < 1.29 is 14.1 Å². The van der Waals surface area contributed by atoms with Gasteiger partial charge in [-0.2, -0.15) is 0 Å². The fourth-order valence-electron chi connectivity index (χ4n) is 3.02. The molecule has 146 valence electrons. The van der Waals surface area contributed by atoms with Gasteiger partial charge >= 0.3 is 0 Å². The van der Waals surface area contributed by atoms with Crippen molar-refractivity contribution in [2.75, 3.05) is 50.1 Å². The first-order valence-corrected chi connectivity index (χ1v) is 9.23. The topological polar surface area (TPSA) is 70.8 Å². The van der Waals surface area contributed by atoms with Gasteiger partial charge in [-0.1, -0.05) is 25.9 Å². The molecule has 1 aromatic heterocycles. The van der Waals surface area contributed by atoms with E-state index >= 15 is 0 Å². The van der Waals surface area contributed by atoms with E-state index < -0.39 is 0 Å². The van der Waals surface area contributed by atoms with Crippen LogP contribution in [-0.4, -0.2) is 55.8 Å². The molecular weight excluding hydrogens is 344 g/mol. The van der Waals surface area contributed by atoms with Crippen molar-refractivity contribution in [1.82, 2.24) is 10.1 Å². The normalized spacial score (nSPS) is 15.6. The zero-order chi connectivity index (χ0) is 19.4. The molecule has 1 amide bonds. The molecule has 3 rings (SSSR count). The average Bonchev–Trinajstić information content (AvgIpc) is 3.11. The first-order valence-electron chi connectivity index (χ1n) is 9.23. The molecule has 2 heterocycles. The Morgan fingerprint density at radius 2 is 1.85 bits per heavy atom. The molecule has 7 heteroatoms. The Labute approximate surface area is 160 Å². The molecule has 1 aliphatic heterocycles. The summed E-state index contributed by atoms with van der Waals surface area (Å²) in [4.78, 5) is 16.8. The van der Waals surface area contributed by atoms with E-state index in [1.807, 2.05) is 12.1 Å². The highest BCUT2D eigenvalue weighted by Gasteiger charge is 2.22. The van der Waals surface area contributed by atoms with Gasteiger partial charge in [0, 0.05) is 43.3 Å². The number of methoxy groups -OCH3 is 1. The van der Waals surface area contributed by atoms with E-state index in [4.69, 9.17) is 9.26 Å². The highest BCUT2D eigenvalue weighted by Crippen LogP contribution is 2.24. The zero-order valence-corrected chi connectivity index (χ0v) is 16.5.